The smallest absolute Gasteiger partial charge is 0.390 e. The van der Waals surface area contributed by atoms with Crippen LogP contribution in [0.3, 0.4) is 0 Å². The number of rotatable bonds is 3. The summed E-state index contributed by atoms with van der Waals surface area (Å²) in [4.78, 5) is 11.8. The van der Waals surface area contributed by atoms with Gasteiger partial charge >= 0.3 is 6.18 Å². The van der Waals surface area contributed by atoms with Crippen molar-refractivity contribution >= 4 is 5.84 Å². The number of nitrogens with zero attached hydrogens (tertiary/aromatic N) is 2. The van der Waals surface area contributed by atoms with E-state index >= 15 is 0 Å². The molecule has 100 valence electrons. The first-order valence-electron chi connectivity index (χ1n) is 5.01. The second-order valence-electron chi connectivity index (χ2n) is 3.70. The van der Waals surface area contributed by atoms with Gasteiger partial charge in [0.05, 0.1) is 12.0 Å². The number of pyridine rings is 1. The highest BCUT2D eigenvalue weighted by Crippen LogP contribution is 2.20. The van der Waals surface area contributed by atoms with Crippen LogP contribution in [0, 0.1) is 6.92 Å². The molecule has 0 radical (unpaired) electrons. The van der Waals surface area contributed by atoms with Gasteiger partial charge in [-0.15, -0.1) is 0 Å². The van der Waals surface area contributed by atoms with E-state index in [1.807, 2.05) is 0 Å². The molecule has 0 saturated carbocycles. The standard InChI is InChI=1S/C10H12F3N3O2/c1-6-2-3-7(8(14)15-18)9(17)16(6)5-4-10(11,12)13/h2-3,18H,4-5H2,1H3,(H2,14,15). The first-order chi connectivity index (χ1) is 8.26. The molecule has 0 aromatic carbocycles. The van der Waals surface area contributed by atoms with E-state index < -0.39 is 30.5 Å². The first-order valence-corrected chi connectivity index (χ1v) is 5.01. The number of hydrogen-bond donors (Lipinski definition) is 2. The third-order valence-electron chi connectivity index (χ3n) is 2.40. The Morgan fingerprint density at radius 3 is 2.61 bits per heavy atom. The van der Waals surface area contributed by atoms with Gasteiger partial charge in [0.2, 0.25) is 0 Å². The average Bonchev–Trinajstić information content (AvgIpc) is 2.26. The molecule has 0 aliphatic heterocycles. The summed E-state index contributed by atoms with van der Waals surface area (Å²) >= 11 is 0. The Balaban J connectivity index is 3.16. The van der Waals surface area contributed by atoms with E-state index in [1.165, 1.54) is 19.1 Å². The fourth-order valence-electron chi connectivity index (χ4n) is 1.44. The van der Waals surface area contributed by atoms with Crippen LogP contribution in [-0.2, 0) is 6.54 Å². The largest absolute Gasteiger partial charge is 0.409 e. The SMILES string of the molecule is Cc1ccc(/C(N)=N/O)c(=O)n1CCC(F)(F)F. The van der Waals surface area contributed by atoms with Crippen molar-refractivity contribution in [1.29, 1.82) is 0 Å². The Morgan fingerprint density at radius 1 is 1.50 bits per heavy atom. The van der Waals surface area contributed by atoms with Crippen molar-refractivity contribution in [2.75, 3.05) is 0 Å². The summed E-state index contributed by atoms with van der Waals surface area (Å²) in [6.45, 7) is 1.01. The summed E-state index contributed by atoms with van der Waals surface area (Å²) in [5.41, 5.74) is 4.79. The number of nitrogens with two attached hydrogens (primary N) is 1. The van der Waals surface area contributed by atoms with E-state index in [0.29, 0.717) is 5.69 Å². The summed E-state index contributed by atoms with van der Waals surface area (Å²) in [6, 6.07) is 2.74. The molecule has 1 rings (SSSR count). The van der Waals surface area contributed by atoms with Crippen molar-refractivity contribution < 1.29 is 18.4 Å². The minimum atomic E-state index is -4.35. The molecule has 0 amide bonds. The van der Waals surface area contributed by atoms with Crippen molar-refractivity contribution in [3.63, 3.8) is 0 Å². The third kappa shape index (κ3) is 3.25. The van der Waals surface area contributed by atoms with E-state index in [9.17, 15) is 18.0 Å². The Morgan fingerprint density at radius 2 is 2.11 bits per heavy atom. The molecule has 1 aromatic rings. The quantitative estimate of drug-likeness (QED) is 0.372. The highest BCUT2D eigenvalue weighted by atomic mass is 19.4. The molecular formula is C10H12F3N3O2. The topological polar surface area (TPSA) is 80.6 Å². The Labute approximate surface area is 100 Å². The molecule has 0 aliphatic carbocycles. The number of aromatic nitrogens is 1. The summed E-state index contributed by atoms with van der Waals surface area (Å²) in [5.74, 6) is -0.430. The first kappa shape index (κ1) is 14.1. The van der Waals surface area contributed by atoms with Crippen LogP contribution in [-0.4, -0.2) is 21.8 Å². The molecule has 18 heavy (non-hydrogen) atoms. The van der Waals surface area contributed by atoms with Gasteiger partial charge in [-0.2, -0.15) is 13.2 Å². The number of halogens is 3. The number of oxime groups is 1. The fourth-order valence-corrected chi connectivity index (χ4v) is 1.44. The molecule has 1 heterocycles. The van der Waals surface area contributed by atoms with E-state index in [0.717, 1.165) is 4.57 Å². The van der Waals surface area contributed by atoms with Gasteiger partial charge in [0.1, 0.15) is 0 Å². The average molecular weight is 263 g/mol. The van der Waals surface area contributed by atoms with Gasteiger partial charge in [0, 0.05) is 12.2 Å². The summed E-state index contributed by atoms with van der Waals surface area (Å²) < 4.78 is 37.3. The van der Waals surface area contributed by atoms with Crippen molar-refractivity contribution in [3.05, 3.63) is 33.7 Å². The van der Waals surface area contributed by atoms with Crippen molar-refractivity contribution in [2.45, 2.75) is 26.1 Å². The van der Waals surface area contributed by atoms with E-state index in [2.05, 4.69) is 5.16 Å². The zero-order valence-corrected chi connectivity index (χ0v) is 9.53. The van der Waals surface area contributed by atoms with Crippen LogP contribution in [0.15, 0.2) is 22.1 Å². The van der Waals surface area contributed by atoms with Crippen LogP contribution in [0.1, 0.15) is 17.7 Å². The van der Waals surface area contributed by atoms with Gasteiger partial charge in [-0.3, -0.25) is 4.79 Å². The van der Waals surface area contributed by atoms with Gasteiger partial charge in [-0.25, -0.2) is 0 Å². The monoisotopic (exact) mass is 263 g/mol. The molecule has 5 nitrogen and oxygen atoms in total. The molecule has 0 bridgehead atoms. The molecule has 8 heteroatoms. The maximum absolute atomic E-state index is 12.1. The van der Waals surface area contributed by atoms with Gasteiger partial charge < -0.3 is 15.5 Å². The summed E-state index contributed by atoms with van der Waals surface area (Å²) in [7, 11) is 0. The van der Waals surface area contributed by atoms with Crippen LogP contribution < -0.4 is 11.3 Å². The maximum atomic E-state index is 12.1. The maximum Gasteiger partial charge on any atom is 0.390 e. The van der Waals surface area contributed by atoms with Gasteiger partial charge in [-0.05, 0) is 19.1 Å². The van der Waals surface area contributed by atoms with Crippen LogP contribution >= 0.6 is 0 Å². The number of alkyl halides is 3. The van der Waals surface area contributed by atoms with Gasteiger partial charge in [-0.1, -0.05) is 5.16 Å². The van der Waals surface area contributed by atoms with Crippen molar-refractivity contribution in [2.24, 2.45) is 10.9 Å². The number of aryl methyl sites for hydroxylation is 1. The predicted molar refractivity (Wildman–Crippen MR) is 58.6 cm³/mol. The normalized spacial score (nSPS) is 12.8. The summed E-state index contributed by atoms with van der Waals surface area (Å²) in [5, 5.41) is 11.1. The molecule has 0 atom stereocenters. The summed E-state index contributed by atoms with van der Waals surface area (Å²) in [6.07, 6.45) is -5.47. The molecule has 0 aliphatic rings. The molecule has 0 saturated heterocycles. The molecule has 1 aromatic heterocycles. The minimum absolute atomic E-state index is 0.134. The lowest BCUT2D eigenvalue weighted by atomic mass is 10.2. The van der Waals surface area contributed by atoms with Crippen LogP contribution in [0.5, 0.6) is 0 Å². The second kappa shape index (κ2) is 5.11. The lowest BCUT2D eigenvalue weighted by molar-refractivity contribution is -0.136. The van der Waals surface area contributed by atoms with Crippen molar-refractivity contribution in [1.82, 2.24) is 4.57 Å². The Kier molecular flexibility index (Phi) is 4.00. The fraction of sp³-hybridized carbons (Fsp3) is 0.400. The van der Waals surface area contributed by atoms with E-state index in [-0.39, 0.29) is 5.56 Å². The van der Waals surface area contributed by atoms with Crippen LogP contribution in [0.4, 0.5) is 13.2 Å². The number of hydrogen-bond acceptors (Lipinski definition) is 3. The zero-order valence-electron chi connectivity index (χ0n) is 9.53. The Bertz CT molecular complexity index is 520. The predicted octanol–water partition coefficient (Wildman–Crippen LogP) is 1.20. The van der Waals surface area contributed by atoms with Crippen LogP contribution in [0.2, 0.25) is 0 Å². The van der Waals surface area contributed by atoms with Crippen molar-refractivity contribution in [3.8, 4) is 0 Å². The van der Waals surface area contributed by atoms with Crippen LogP contribution in [0.25, 0.3) is 0 Å². The minimum Gasteiger partial charge on any atom is -0.409 e. The molecule has 0 unspecified atom stereocenters. The highest BCUT2D eigenvalue weighted by molar-refractivity contribution is 5.96. The van der Waals surface area contributed by atoms with Gasteiger partial charge in [0.15, 0.2) is 5.84 Å². The molecule has 0 fully saturated rings. The highest BCUT2D eigenvalue weighted by Gasteiger charge is 2.27. The molecule has 0 spiro atoms. The zero-order chi connectivity index (χ0) is 13.9. The lowest BCUT2D eigenvalue weighted by Gasteiger charge is -2.12. The third-order valence-corrected chi connectivity index (χ3v) is 2.40. The van der Waals surface area contributed by atoms with E-state index in [4.69, 9.17) is 10.9 Å². The second-order valence-corrected chi connectivity index (χ2v) is 3.70. The van der Waals surface area contributed by atoms with Gasteiger partial charge in [0.25, 0.3) is 5.56 Å². The molecular weight excluding hydrogens is 251 g/mol. The lowest BCUT2D eigenvalue weighted by Crippen LogP contribution is -2.32. The number of amidine groups is 1. The van der Waals surface area contributed by atoms with E-state index in [1.54, 1.807) is 0 Å². The molecule has 3 N–H and O–H groups in total. The Hall–Kier alpha value is -1.99.